The van der Waals surface area contributed by atoms with Crippen LogP contribution in [0.2, 0.25) is 0 Å². The lowest BCUT2D eigenvalue weighted by atomic mass is 10.00. The third-order valence-electron chi connectivity index (χ3n) is 5.41. The number of ether oxygens (including phenoxy) is 1. The molecule has 5 heteroatoms. The molecular weight excluding hydrogens is 357 g/mol. The Morgan fingerprint density at radius 1 is 1.00 bits per heavy atom. The number of hydrogen-bond acceptors (Lipinski definition) is 4. The Kier molecular flexibility index (Phi) is 3.66. The third-order valence-corrected chi connectivity index (χ3v) is 5.41. The van der Waals surface area contributed by atoms with E-state index >= 15 is 0 Å². The fraction of sp³-hybridized carbons (Fsp3) is 0.174. The maximum absolute atomic E-state index is 14.0. The van der Waals surface area contributed by atoms with Crippen molar-refractivity contribution in [1.29, 1.82) is 0 Å². The summed E-state index contributed by atoms with van der Waals surface area (Å²) in [4.78, 5) is 14.3. The van der Waals surface area contributed by atoms with E-state index < -0.39 is 0 Å². The van der Waals surface area contributed by atoms with Gasteiger partial charge in [-0.05, 0) is 49.1 Å². The zero-order valence-corrected chi connectivity index (χ0v) is 15.6. The second kappa shape index (κ2) is 6.09. The van der Waals surface area contributed by atoms with E-state index in [1.54, 1.807) is 19.1 Å². The molecule has 0 radical (unpaired) electrons. The van der Waals surface area contributed by atoms with Crippen molar-refractivity contribution in [2.45, 2.75) is 20.4 Å². The van der Waals surface area contributed by atoms with Gasteiger partial charge in [0, 0.05) is 28.7 Å². The van der Waals surface area contributed by atoms with Gasteiger partial charge in [0.2, 0.25) is 0 Å². The van der Waals surface area contributed by atoms with Crippen molar-refractivity contribution in [3.05, 3.63) is 81.5 Å². The molecule has 0 amide bonds. The molecule has 28 heavy (non-hydrogen) atoms. The molecule has 0 bridgehead atoms. The highest BCUT2D eigenvalue weighted by molar-refractivity contribution is 6.06. The number of aryl methyl sites for hydroxylation is 2. The molecule has 1 aliphatic rings. The largest absolute Gasteiger partial charge is 0.472 e. The SMILES string of the molecule is Cc1ccc(N2COc3c(cc4c(oc(=O)c5ccccc54)c3C)C2)cc1F. The van der Waals surface area contributed by atoms with Crippen molar-refractivity contribution in [2.24, 2.45) is 0 Å². The number of rotatable bonds is 1. The maximum atomic E-state index is 14.0. The summed E-state index contributed by atoms with van der Waals surface area (Å²) in [6.07, 6.45) is 0. The van der Waals surface area contributed by atoms with Crippen molar-refractivity contribution >= 4 is 27.4 Å². The highest BCUT2D eigenvalue weighted by Gasteiger charge is 2.23. The molecule has 5 rings (SSSR count). The molecule has 0 fully saturated rings. The summed E-state index contributed by atoms with van der Waals surface area (Å²) in [7, 11) is 0. The minimum atomic E-state index is -0.348. The van der Waals surface area contributed by atoms with Crippen LogP contribution in [-0.4, -0.2) is 6.73 Å². The standard InChI is InChI=1S/C23H18FNO3/c1-13-7-8-16(10-20(13)24)25-11-15-9-19-17-5-3-4-6-18(17)23(26)28-22(19)14(2)21(15)27-12-25/h3-10H,11-12H2,1-2H3. The van der Waals surface area contributed by atoms with Crippen LogP contribution in [0, 0.1) is 19.7 Å². The zero-order chi connectivity index (χ0) is 19.4. The second-order valence-electron chi connectivity index (χ2n) is 7.21. The average Bonchev–Trinajstić information content (AvgIpc) is 2.71. The Hall–Kier alpha value is -3.34. The molecule has 140 valence electrons. The highest BCUT2D eigenvalue weighted by atomic mass is 19.1. The molecular formula is C23H18FNO3. The van der Waals surface area contributed by atoms with Crippen LogP contribution in [0.25, 0.3) is 21.7 Å². The lowest BCUT2D eigenvalue weighted by Gasteiger charge is -2.32. The molecule has 2 heterocycles. The lowest BCUT2D eigenvalue weighted by molar-refractivity contribution is 0.287. The van der Waals surface area contributed by atoms with Gasteiger partial charge in [0.25, 0.3) is 0 Å². The average molecular weight is 375 g/mol. The first-order valence-electron chi connectivity index (χ1n) is 9.15. The van der Waals surface area contributed by atoms with Gasteiger partial charge >= 0.3 is 5.63 Å². The van der Waals surface area contributed by atoms with Crippen LogP contribution in [-0.2, 0) is 6.54 Å². The van der Waals surface area contributed by atoms with E-state index in [1.165, 1.54) is 6.07 Å². The van der Waals surface area contributed by atoms with Crippen molar-refractivity contribution in [3.63, 3.8) is 0 Å². The third kappa shape index (κ3) is 2.47. The second-order valence-corrected chi connectivity index (χ2v) is 7.21. The minimum absolute atomic E-state index is 0.231. The first-order valence-corrected chi connectivity index (χ1v) is 9.15. The van der Waals surface area contributed by atoms with Crippen LogP contribution in [0.5, 0.6) is 5.75 Å². The minimum Gasteiger partial charge on any atom is -0.472 e. The van der Waals surface area contributed by atoms with Crippen molar-refractivity contribution < 1.29 is 13.5 Å². The molecule has 1 aromatic heterocycles. The summed E-state index contributed by atoms with van der Waals surface area (Å²) in [6.45, 7) is 4.54. The predicted molar refractivity (Wildman–Crippen MR) is 108 cm³/mol. The van der Waals surface area contributed by atoms with E-state index in [1.807, 2.05) is 42.2 Å². The summed E-state index contributed by atoms with van der Waals surface area (Å²) < 4.78 is 25.6. The van der Waals surface area contributed by atoms with Gasteiger partial charge in [-0.25, -0.2) is 9.18 Å². The molecule has 0 unspecified atom stereocenters. The summed E-state index contributed by atoms with van der Waals surface area (Å²) in [5.74, 6) is 0.500. The van der Waals surface area contributed by atoms with Crippen molar-refractivity contribution in [3.8, 4) is 5.75 Å². The van der Waals surface area contributed by atoms with Crippen LogP contribution in [0.4, 0.5) is 10.1 Å². The van der Waals surface area contributed by atoms with E-state index in [2.05, 4.69) is 0 Å². The predicted octanol–water partition coefficient (Wildman–Crippen LogP) is 5.06. The molecule has 4 aromatic rings. The first-order chi connectivity index (χ1) is 13.5. The van der Waals surface area contributed by atoms with Crippen LogP contribution in [0.3, 0.4) is 0 Å². The summed E-state index contributed by atoms with van der Waals surface area (Å²) >= 11 is 0. The van der Waals surface area contributed by atoms with Gasteiger partial charge in [-0.2, -0.15) is 0 Å². The zero-order valence-electron chi connectivity index (χ0n) is 15.6. The molecule has 4 nitrogen and oxygen atoms in total. The Morgan fingerprint density at radius 3 is 2.57 bits per heavy atom. The van der Waals surface area contributed by atoms with Crippen LogP contribution >= 0.6 is 0 Å². The fourth-order valence-corrected chi connectivity index (χ4v) is 3.88. The summed E-state index contributed by atoms with van der Waals surface area (Å²) in [6, 6.07) is 14.7. The van der Waals surface area contributed by atoms with Gasteiger partial charge in [-0.3, -0.25) is 0 Å². The van der Waals surface area contributed by atoms with Gasteiger partial charge in [0.15, 0.2) is 6.73 Å². The quantitative estimate of drug-likeness (QED) is 0.345. The number of benzene rings is 3. The van der Waals surface area contributed by atoms with Crippen molar-refractivity contribution in [2.75, 3.05) is 11.6 Å². The van der Waals surface area contributed by atoms with E-state index in [0.29, 0.717) is 29.8 Å². The first kappa shape index (κ1) is 16.8. The molecule has 0 aliphatic carbocycles. The van der Waals surface area contributed by atoms with E-state index in [4.69, 9.17) is 9.15 Å². The Labute approximate surface area is 160 Å². The number of fused-ring (bicyclic) bond motifs is 4. The lowest BCUT2D eigenvalue weighted by Crippen LogP contribution is -2.32. The van der Waals surface area contributed by atoms with E-state index in [9.17, 15) is 9.18 Å². The number of nitrogens with zero attached hydrogens (tertiary/aromatic N) is 1. The molecule has 1 aliphatic heterocycles. The van der Waals surface area contributed by atoms with E-state index in [0.717, 1.165) is 33.3 Å². The van der Waals surface area contributed by atoms with Gasteiger partial charge in [-0.15, -0.1) is 0 Å². The smallest absolute Gasteiger partial charge is 0.344 e. The maximum Gasteiger partial charge on any atom is 0.344 e. The Morgan fingerprint density at radius 2 is 1.79 bits per heavy atom. The van der Waals surface area contributed by atoms with Crippen molar-refractivity contribution in [1.82, 2.24) is 0 Å². The highest BCUT2D eigenvalue weighted by Crippen LogP contribution is 2.38. The summed E-state index contributed by atoms with van der Waals surface area (Å²) in [5, 5.41) is 2.30. The Bertz CT molecular complexity index is 1310. The molecule has 0 N–H and O–H groups in total. The number of hydrogen-bond donors (Lipinski definition) is 0. The number of halogens is 1. The van der Waals surface area contributed by atoms with Crippen LogP contribution in [0.15, 0.2) is 57.7 Å². The van der Waals surface area contributed by atoms with E-state index in [-0.39, 0.29) is 11.4 Å². The van der Waals surface area contributed by atoms with Gasteiger partial charge in [0.05, 0.1) is 5.39 Å². The Balaban J connectivity index is 1.68. The van der Waals surface area contributed by atoms with Gasteiger partial charge in [0.1, 0.15) is 17.1 Å². The van der Waals surface area contributed by atoms with Crippen LogP contribution < -0.4 is 15.3 Å². The van der Waals surface area contributed by atoms with Gasteiger partial charge in [-0.1, -0.05) is 24.3 Å². The molecule has 0 saturated heterocycles. The van der Waals surface area contributed by atoms with Crippen LogP contribution in [0.1, 0.15) is 16.7 Å². The summed E-state index contributed by atoms with van der Waals surface area (Å²) in [5.41, 5.74) is 3.39. The molecule has 0 saturated carbocycles. The normalized spacial score (nSPS) is 13.6. The molecule has 0 atom stereocenters. The fourth-order valence-electron chi connectivity index (χ4n) is 3.88. The van der Waals surface area contributed by atoms with Gasteiger partial charge < -0.3 is 14.1 Å². The molecule has 0 spiro atoms. The molecule has 3 aromatic carbocycles. The monoisotopic (exact) mass is 375 g/mol. The number of anilines is 1. The topological polar surface area (TPSA) is 42.7 Å².